The molecule has 0 unspecified atom stereocenters. The van der Waals surface area contributed by atoms with Crippen LogP contribution in [0.25, 0.3) is 0 Å². The zero-order valence-corrected chi connectivity index (χ0v) is 9.25. The third-order valence-electron chi connectivity index (χ3n) is 1.31. The summed E-state index contributed by atoms with van der Waals surface area (Å²) in [5, 5.41) is 0. The molecule has 0 aromatic heterocycles. The summed E-state index contributed by atoms with van der Waals surface area (Å²) in [5.74, 6) is 0.233. The van der Waals surface area contributed by atoms with Gasteiger partial charge in [0.2, 0.25) is 0 Å². The Bertz CT molecular complexity index is 173. The molecule has 11 heavy (non-hydrogen) atoms. The van der Waals surface area contributed by atoms with E-state index in [2.05, 4.69) is 0 Å². The van der Waals surface area contributed by atoms with Gasteiger partial charge >= 0.3 is 0 Å². The van der Waals surface area contributed by atoms with Crippen molar-refractivity contribution in [3.8, 4) is 0 Å². The summed E-state index contributed by atoms with van der Waals surface area (Å²) in [6.07, 6.45) is 0. The van der Waals surface area contributed by atoms with Crippen LogP contribution in [0, 0.1) is 0 Å². The molecule has 0 aliphatic rings. The summed E-state index contributed by atoms with van der Waals surface area (Å²) in [6.45, 7) is 10.8. The molecule has 0 N–H and O–H groups in total. The van der Waals surface area contributed by atoms with Crippen LogP contribution in [0.5, 0.6) is 0 Å². The molecule has 0 atom stereocenters. The Labute approximate surface area is 70.9 Å². The van der Waals surface area contributed by atoms with Crippen molar-refractivity contribution >= 4 is 9.84 Å². The molecule has 0 amide bonds. The zero-order valence-electron chi connectivity index (χ0n) is 8.43. The van der Waals surface area contributed by atoms with E-state index in [1.54, 1.807) is 27.7 Å². The number of sulfone groups is 1. The van der Waals surface area contributed by atoms with Crippen LogP contribution in [-0.2, 0) is 9.84 Å². The van der Waals surface area contributed by atoms with Crippen LogP contribution in [0.2, 0.25) is 0 Å². The van der Waals surface area contributed by atoms with E-state index in [-0.39, 0.29) is 5.75 Å². The molecule has 0 fully saturated rings. The van der Waals surface area contributed by atoms with E-state index in [1.807, 2.05) is 13.8 Å². The molecule has 0 aliphatic heterocycles. The molecule has 0 aromatic rings. The van der Waals surface area contributed by atoms with Gasteiger partial charge in [0.1, 0.15) is 0 Å². The summed E-state index contributed by atoms with van der Waals surface area (Å²) in [5.41, 5.74) is 0. The smallest absolute Gasteiger partial charge is 0.154 e. The lowest BCUT2D eigenvalue weighted by atomic mass is 10.3. The van der Waals surface area contributed by atoms with Gasteiger partial charge in [0.05, 0.1) is 4.75 Å². The fourth-order valence-corrected chi connectivity index (χ4v) is 1.30. The molecule has 2 nitrogen and oxygen atoms in total. The Hall–Kier alpha value is -0.0500. The lowest BCUT2D eigenvalue weighted by Gasteiger charge is -2.16. The number of rotatable bonds is 1. The van der Waals surface area contributed by atoms with E-state index >= 15 is 0 Å². The van der Waals surface area contributed by atoms with Crippen molar-refractivity contribution in [1.29, 1.82) is 0 Å². The Morgan fingerprint density at radius 2 is 1.36 bits per heavy atom. The van der Waals surface area contributed by atoms with Gasteiger partial charge in [-0.25, -0.2) is 8.42 Å². The summed E-state index contributed by atoms with van der Waals surface area (Å²) in [4.78, 5) is 0. The predicted octanol–water partition coefficient (Wildman–Crippen LogP) is 2.25. The van der Waals surface area contributed by atoms with Crippen molar-refractivity contribution in [2.45, 2.75) is 46.3 Å². The Kier molecular flexibility index (Phi) is 5.85. The highest BCUT2D eigenvalue weighted by atomic mass is 32.2. The van der Waals surface area contributed by atoms with E-state index in [0.29, 0.717) is 0 Å². The first kappa shape index (κ1) is 13.5. The second-order valence-electron chi connectivity index (χ2n) is 3.02. The van der Waals surface area contributed by atoms with E-state index < -0.39 is 14.6 Å². The predicted molar refractivity (Wildman–Crippen MR) is 50.6 cm³/mol. The summed E-state index contributed by atoms with van der Waals surface area (Å²) in [7, 11) is -2.84. The van der Waals surface area contributed by atoms with Gasteiger partial charge in [-0.15, -0.1) is 0 Å². The highest BCUT2D eigenvalue weighted by Crippen LogP contribution is 2.14. The highest BCUT2D eigenvalue weighted by molar-refractivity contribution is 7.92. The standard InChI is InChI=1S/C6H14O2S.C2H6/c1-5-9(7,8)6(2,3)4;1-2/h5H2,1-4H3;1-2H3. The van der Waals surface area contributed by atoms with Gasteiger partial charge in [-0.3, -0.25) is 0 Å². The average Bonchev–Trinajstić information content (AvgIpc) is 1.90. The molecular weight excluding hydrogens is 160 g/mol. The van der Waals surface area contributed by atoms with Gasteiger partial charge in [-0.05, 0) is 20.8 Å². The second-order valence-corrected chi connectivity index (χ2v) is 6.05. The number of hydrogen-bond donors (Lipinski definition) is 0. The van der Waals surface area contributed by atoms with Crippen LogP contribution in [0.3, 0.4) is 0 Å². The zero-order chi connectivity index (χ0) is 9.71. The average molecular weight is 180 g/mol. The van der Waals surface area contributed by atoms with Gasteiger partial charge in [-0.1, -0.05) is 20.8 Å². The summed E-state index contributed by atoms with van der Waals surface area (Å²) >= 11 is 0. The van der Waals surface area contributed by atoms with Crippen molar-refractivity contribution in [3.63, 3.8) is 0 Å². The Morgan fingerprint density at radius 3 is 1.36 bits per heavy atom. The SMILES string of the molecule is CC.CCS(=O)(=O)C(C)(C)C. The summed E-state index contributed by atoms with van der Waals surface area (Å²) in [6, 6.07) is 0. The van der Waals surface area contributed by atoms with Crippen molar-refractivity contribution < 1.29 is 8.42 Å². The van der Waals surface area contributed by atoms with E-state index in [9.17, 15) is 8.42 Å². The van der Waals surface area contributed by atoms with Crippen LogP contribution in [0.4, 0.5) is 0 Å². The molecule has 0 aliphatic carbocycles. The molecular formula is C8H20O2S. The van der Waals surface area contributed by atoms with Gasteiger partial charge in [0.25, 0.3) is 0 Å². The minimum atomic E-state index is -2.84. The molecule has 70 valence electrons. The molecule has 0 aromatic carbocycles. The third-order valence-corrected chi connectivity index (χ3v) is 3.94. The third kappa shape index (κ3) is 4.40. The van der Waals surface area contributed by atoms with Crippen LogP contribution in [0.15, 0.2) is 0 Å². The molecule has 0 saturated carbocycles. The van der Waals surface area contributed by atoms with Crippen molar-refractivity contribution in [2.75, 3.05) is 5.75 Å². The van der Waals surface area contributed by atoms with Crippen LogP contribution >= 0.6 is 0 Å². The minimum Gasteiger partial charge on any atom is -0.228 e. The molecule has 3 heteroatoms. The topological polar surface area (TPSA) is 34.1 Å². The maximum absolute atomic E-state index is 11.0. The monoisotopic (exact) mass is 180 g/mol. The van der Waals surface area contributed by atoms with Crippen molar-refractivity contribution in [1.82, 2.24) is 0 Å². The number of hydrogen-bond acceptors (Lipinski definition) is 2. The summed E-state index contributed by atoms with van der Waals surface area (Å²) < 4.78 is 21.5. The van der Waals surface area contributed by atoms with Crippen molar-refractivity contribution in [2.24, 2.45) is 0 Å². The van der Waals surface area contributed by atoms with Gasteiger partial charge in [0, 0.05) is 5.75 Å². The fraction of sp³-hybridized carbons (Fsp3) is 1.00. The van der Waals surface area contributed by atoms with Crippen molar-refractivity contribution in [3.05, 3.63) is 0 Å². The first-order valence-electron chi connectivity index (χ1n) is 4.03. The van der Waals surface area contributed by atoms with Gasteiger partial charge in [0.15, 0.2) is 9.84 Å². The first-order valence-corrected chi connectivity index (χ1v) is 5.69. The fourth-order valence-electron chi connectivity index (χ4n) is 0.433. The van der Waals surface area contributed by atoms with E-state index in [4.69, 9.17) is 0 Å². The van der Waals surface area contributed by atoms with E-state index in [1.165, 1.54) is 0 Å². The van der Waals surface area contributed by atoms with Gasteiger partial charge < -0.3 is 0 Å². The van der Waals surface area contributed by atoms with Crippen LogP contribution < -0.4 is 0 Å². The molecule has 0 spiro atoms. The lowest BCUT2D eigenvalue weighted by Crippen LogP contribution is -2.29. The molecule has 0 saturated heterocycles. The minimum absolute atomic E-state index is 0.233. The molecule has 0 radical (unpaired) electrons. The molecule has 0 heterocycles. The highest BCUT2D eigenvalue weighted by Gasteiger charge is 2.26. The van der Waals surface area contributed by atoms with Gasteiger partial charge in [-0.2, -0.15) is 0 Å². The Balaban J connectivity index is 0. The first-order chi connectivity index (χ1) is 4.81. The molecule has 0 rings (SSSR count). The maximum atomic E-state index is 11.0. The lowest BCUT2D eigenvalue weighted by molar-refractivity contribution is 0.561. The second kappa shape index (κ2) is 4.75. The van der Waals surface area contributed by atoms with E-state index in [0.717, 1.165) is 0 Å². The Morgan fingerprint density at radius 1 is 1.09 bits per heavy atom. The largest absolute Gasteiger partial charge is 0.228 e. The van der Waals surface area contributed by atoms with Crippen LogP contribution in [0.1, 0.15) is 41.5 Å². The normalized spacial score (nSPS) is 11.8. The molecule has 0 bridgehead atoms. The quantitative estimate of drug-likeness (QED) is 0.620. The maximum Gasteiger partial charge on any atom is 0.154 e. The van der Waals surface area contributed by atoms with Crippen LogP contribution in [-0.4, -0.2) is 18.9 Å².